The highest BCUT2D eigenvalue weighted by molar-refractivity contribution is 5.78. The van der Waals surface area contributed by atoms with Crippen molar-refractivity contribution in [2.45, 2.75) is 59.3 Å². The summed E-state index contributed by atoms with van der Waals surface area (Å²) >= 11 is 0. The van der Waals surface area contributed by atoms with Gasteiger partial charge in [0.25, 0.3) is 0 Å². The van der Waals surface area contributed by atoms with Crippen LogP contribution in [-0.2, 0) is 16.0 Å². The standard InChI is InChI=1S/C20H32N2O2/c1-14(2)10-18-6-8-19(9-7-18)17(5)21-20(23)13-22-11-15(3)24-16(4)12-22/h6-9,14-17H,10-13H2,1-5H3,(H,21,23). The molecule has 1 N–H and O–H groups in total. The first kappa shape index (κ1) is 18.9. The number of amides is 1. The summed E-state index contributed by atoms with van der Waals surface area (Å²) in [6.07, 6.45) is 1.47. The summed E-state index contributed by atoms with van der Waals surface area (Å²) in [5.41, 5.74) is 2.50. The molecule has 1 fully saturated rings. The van der Waals surface area contributed by atoms with Gasteiger partial charge in [0.05, 0.1) is 24.8 Å². The number of carbonyl (C=O) groups excluding carboxylic acids is 1. The minimum atomic E-state index is 0.0292. The molecule has 1 aliphatic rings. The molecule has 24 heavy (non-hydrogen) atoms. The van der Waals surface area contributed by atoms with Crippen molar-refractivity contribution in [1.29, 1.82) is 0 Å². The van der Waals surface area contributed by atoms with Crippen LogP contribution in [0.3, 0.4) is 0 Å². The molecule has 0 aliphatic carbocycles. The van der Waals surface area contributed by atoms with Crippen LogP contribution >= 0.6 is 0 Å². The van der Waals surface area contributed by atoms with E-state index >= 15 is 0 Å². The van der Waals surface area contributed by atoms with E-state index in [4.69, 9.17) is 4.74 Å². The molecule has 4 heteroatoms. The Labute approximate surface area is 146 Å². The van der Waals surface area contributed by atoms with E-state index in [1.54, 1.807) is 0 Å². The smallest absolute Gasteiger partial charge is 0.234 e. The summed E-state index contributed by atoms with van der Waals surface area (Å²) in [4.78, 5) is 14.5. The van der Waals surface area contributed by atoms with Gasteiger partial charge in [-0.25, -0.2) is 0 Å². The molecule has 134 valence electrons. The van der Waals surface area contributed by atoms with E-state index in [0.717, 1.165) is 25.1 Å². The predicted molar refractivity (Wildman–Crippen MR) is 98.0 cm³/mol. The van der Waals surface area contributed by atoms with E-state index in [9.17, 15) is 4.79 Å². The van der Waals surface area contributed by atoms with Crippen molar-refractivity contribution in [2.24, 2.45) is 5.92 Å². The van der Waals surface area contributed by atoms with Gasteiger partial charge in [-0.1, -0.05) is 38.1 Å². The number of hydrogen-bond donors (Lipinski definition) is 1. The lowest BCUT2D eigenvalue weighted by Gasteiger charge is -2.35. The number of nitrogens with zero attached hydrogens (tertiary/aromatic N) is 1. The molecular weight excluding hydrogens is 300 g/mol. The van der Waals surface area contributed by atoms with E-state index < -0.39 is 0 Å². The fourth-order valence-electron chi connectivity index (χ4n) is 3.40. The van der Waals surface area contributed by atoms with Crippen molar-refractivity contribution >= 4 is 5.91 Å². The Balaban J connectivity index is 1.84. The van der Waals surface area contributed by atoms with Crippen LogP contribution in [0.15, 0.2) is 24.3 Å². The van der Waals surface area contributed by atoms with Crippen molar-refractivity contribution in [3.63, 3.8) is 0 Å². The summed E-state index contributed by atoms with van der Waals surface area (Å²) < 4.78 is 5.71. The maximum Gasteiger partial charge on any atom is 0.234 e. The lowest BCUT2D eigenvalue weighted by atomic mass is 10.00. The minimum Gasteiger partial charge on any atom is -0.373 e. The van der Waals surface area contributed by atoms with Crippen LogP contribution in [0.25, 0.3) is 0 Å². The zero-order valence-electron chi connectivity index (χ0n) is 15.7. The molecule has 1 aliphatic heterocycles. The topological polar surface area (TPSA) is 41.6 Å². The molecular formula is C20H32N2O2. The first-order valence-electron chi connectivity index (χ1n) is 9.09. The normalized spacial score (nSPS) is 23.2. The number of hydrogen-bond acceptors (Lipinski definition) is 3. The number of benzene rings is 1. The molecule has 0 saturated carbocycles. The van der Waals surface area contributed by atoms with Gasteiger partial charge >= 0.3 is 0 Å². The van der Waals surface area contributed by atoms with Crippen molar-refractivity contribution in [3.8, 4) is 0 Å². The van der Waals surface area contributed by atoms with Crippen LogP contribution in [0.5, 0.6) is 0 Å². The van der Waals surface area contributed by atoms with Crippen molar-refractivity contribution in [3.05, 3.63) is 35.4 Å². The molecule has 3 atom stereocenters. The van der Waals surface area contributed by atoms with Crippen molar-refractivity contribution in [1.82, 2.24) is 10.2 Å². The van der Waals surface area contributed by atoms with Gasteiger partial charge in [-0.05, 0) is 44.2 Å². The van der Waals surface area contributed by atoms with Crippen LogP contribution in [-0.4, -0.2) is 42.6 Å². The Morgan fingerprint density at radius 2 is 1.75 bits per heavy atom. The molecule has 1 amide bonds. The minimum absolute atomic E-state index is 0.0292. The Kier molecular flexibility index (Phi) is 6.81. The second-order valence-electron chi connectivity index (χ2n) is 7.58. The molecule has 2 rings (SSSR count). The third-order valence-electron chi connectivity index (χ3n) is 4.36. The van der Waals surface area contributed by atoms with E-state index in [1.807, 2.05) is 6.92 Å². The summed E-state index contributed by atoms with van der Waals surface area (Å²) in [6, 6.07) is 8.62. The van der Waals surface area contributed by atoms with Crippen molar-refractivity contribution < 1.29 is 9.53 Å². The van der Waals surface area contributed by atoms with Crippen LogP contribution < -0.4 is 5.32 Å². The lowest BCUT2D eigenvalue weighted by molar-refractivity contribution is -0.126. The van der Waals surface area contributed by atoms with E-state index in [0.29, 0.717) is 12.5 Å². The van der Waals surface area contributed by atoms with Gasteiger partial charge in [0.1, 0.15) is 0 Å². The third kappa shape index (κ3) is 5.91. The Hall–Kier alpha value is -1.39. The van der Waals surface area contributed by atoms with E-state index in [1.165, 1.54) is 5.56 Å². The van der Waals surface area contributed by atoms with Gasteiger partial charge < -0.3 is 10.1 Å². The molecule has 1 aromatic rings. The monoisotopic (exact) mass is 332 g/mol. The largest absolute Gasteiger partial charge is 0.373 e. The molecule has 0 spiro atoms. The lowest BCUT2D eigenvalue weighted by Crippen LogP contribution is -2.49. The predicted octanol–water partition coefficient (Wildman–Crippen LogP) is 3.17. The zero-order chi connectivity index (χ0) is 17.7. The average molecular weight is 332 g/mol. The highest BCUT2D eigenvalue weighted by Crippen LogP contribution is 2.16. The zero-order valence-corrected chi connectivity index (χ0v) is 15.7. The second kappa shape index (κ2) is 8.63. The maximum absolute atomic E-state index is 12.3. The van der Waals surface area contributed by atoms with E-state index in [-0.39, 0.29) is 24.2 Å². The van der Waals surface area contributed by atoms with Gasteiger partial charge in [-0.2, -0.15) is 0 Å². The van der Waals surface area contributed by atoms with Gasteiger partial charge in [0, 0.05) is 13.1 Å². The fourth-order valence-corrected chi connectivity index (χ4v) is 3.40. The third-order valence-corrected chi connectivity index (χ3v) is 4.36. The van der Waals surface area contributed by atoms with Gasteiger partial charge in [0.2, 0.25) is 5.91 Å². The number of carbonyl (C=O) groups is 1. The van der Waals surface area contributed by atoms with Crippen molar-refractivity contribution in [2.75, 3.05) is 19.6 Å². The molecule has 0 radical (unpaired) electrons. The Bertz CT molecular complexity index is 517. The molecule has 1 heterocycles. The first-order valence-corrected chi connectivity index (χ1v) is 9.09. The number of ether oxygens (including phenoxy) is 1. The molecule has 3 unspecified atom stereocenters. The number of rotatable bonds is 6. The average Bonchev–Trinajstić information content (AvgIpc) is 2.45. The van der Waals surface area contributed by atoms with Crippen LogP contribution in [0.2, 0.25) is 0 Å². The SMILES string of the molecule is CC(C)Cc1ccc(C(C)NC(=O)CN2CC(C)OC(C)C2)cc1. The summed E-state index contributed by atoms with van der Waals surface area (Å²) in [5, 5.41) is 3.11. The number of morpholine rings is 1. The van der Waals surface area contributed by atoms with Crippen LogP contribution in [0, 0.1) is 5.92 Å². The number of nitrogens with one attached hydrogen (secondary N) is 1. The second-order valence-corrected chi connectivity index (χ2v) is 7.58. The quantitative estimate of drug-likeness (QED) is 0.870. The molecule has 4 nitrogen and oxygen atoms in total. The van der Waals surface area contributed by atoms with Crippen LogP contribution in [0.1, 0.15) is 51.8 Å². The van der Waals surface area contributed by atoms with Crippen LogP contribution in [0.4, 0.5) is 0 Å². The first-order chi connectivity index (χ1) is 11.3. The molecule has 0 bridgehead atoms. The highest BCUT2D eigenvalue weighted by Gasteiger charge is 2.24. The molecule has 1 aromatic carbocycles. The van der Waals surface area contributed by atoms with E-state index in [2.05, 4.69) is 62.2 Å². The molecule has 1 saturated heterocycles. The summed E-state index contributed by atoms with van der Waals surface area (Å²) in [7, 11) is 0. The van der Waals surface area contributed by atoms with Gasteiger partial charge in [0.15, 0.2) is 0 Å². The summed E-state index contributed by atoms with van der Waals surface area (Å²) in [5.74, 6) is 0.737. The Morgan fingerprint density at radius 3 is 2.29 bits per heavy atom. The molecule has 0 aromatic heterocycles. The maximum atomic E-state index is 12.3. The Morgan fingerprint density at radius 1 is 1.17 bits per heavy atom. The highest BCUT2D eigenvalue weighted by atomic mass is 16.5. The fraction of sp³-hybridized carbons (Fsp3) is 0.650. The summed E-state index contributed by atoms with van der Waals surface area (Å²) in [6.45, 7) is 12.7. The van der Waals surface area contributed by atoms with Gasteiger partial charge in [-0.15, -0.1) is 0 Å². The van der Waals surface area contributed by atoms with Gasteiger partial charge in [-0.3, -0.25) is 9.69 Å².